The standard InChI is InChI=1S/C34H41N4O9P/c1-48(43,44)46-21-20-45-24-38-23-28(32(40)37-33(38)41)13-9-19-35-31(39)15-3-2-8-18-36-34(42)47-30-22-27-12-5-4-10-25(27)16-17-26-11-6-7-14-29(26)30/h4-7,10-12,14,23,30H,2-3,8-9,13,15,18-22,24H2,1H3,(H,35,39)(H,36,42)(H,43,44)(H,37,40,41). The lowest BCUT2D eigenvalue weighted by Crippen LogP contribution is -2.33. The third kappa shape index (κ3) is 12.0. The molecule has 0 fully saturated rings. The van der Waals surface area contributed by atoms with Crippen LogP contribution >= 0.6 is 7.60 Å². The van der Waals surface area contributed by atoms with Crippen molar-refractivity contribution < 1.29 is 33.0 Å². The van der Waals surface area contributed by atoms with Crippen molar-refractivity contribution in [3.05, 3.63) is 103 Å². The summed E-state index contributed by atoms with van der Waals surface area (Å²) in [6.45, 7) is 1.53. The zero-order chi connectivity index (χ0) is 34.4. The average Bonchev–Trinajstić information content (AvgIpc) is 3.04. The number of nitrogens with zero attached hydrogens (tertiary/aromatic N) is 1. The van der Waals surface area contributed by atoms with Crippen LogP contribution in [0.3, 0.4) is 0 Å². The number of hydrogen-bond acceptors (Lipinski definition) is 8. The van der Waals surface area contributed by atoms with Crippen LogP contribution in [0.4, 0.5) is 4.79 Å². The molecule has 256 valence electrons. The minimum atomic E-state index is -3.61. The van der Waals surface area contributed by atoms with Gasteiger partial charge in [-0.2, -0.15) is 0 Å². The van der Waals surface area contributed by atoms with E-state index in [9.17, 15) is 23.7 Å². The number of aromatic nitrogens is 2. The number of carbonyl (C=O) groups is 2. The van der Waals surface area contributed by atoms with Crippen LogP contribution in [0.1, 0.15) is 66.0 Å². The summed E-state index contributed by atoms with van der Waals surface area (Å²) in [6.07, 6.45) is 4.18. The van der Waals surface area contributed by atoms with Gasteiger partial charge in [0.1, 0.15) is 12.8 Å². The second-order valence-electron chi connectivity index (χ2n) is 11.3. The van der Waals surface area contributed by atoms with Gasteiger partial charge in [-0.25, -0.2) is 9.59 Å². The molecule has 48 heavy (non-hydrogen) atoms. The summed E-state index contributed by atoms with van der Waals surface area (Å²) in [4.78, 5) is 60.5. The number of hydrogen-bond donors (Lipinski definition) is 4. The lowest BCUT2D eigenvalue weighted by atomic mass is 9.92. The molecule has 1 heterocycles. The first-order valence-corrected chi connectivity index (χ1v) is 17.9. The van der Waals surface area contributed by atoms with Gasteiger partial charge in [-0.1, -0.05) is 54.7 Å². The molecule has 1 aromatic heterocycles. The summed E-state index contributed by atoms with van der Waals surface area (Å²) in [6, 6.07) is 15.5. The molecule has 2 unspecified atom stereocenters. The van der Waals surface area contributed by atoms with Crippen LogP contribution < -0.4 is 21.9 Å². The normalized spacial score (nSPS) is 14.6. The number of ether oxygens (including phenoxy) is 2. The number of carbonyl (C=O) groups excluding carboxylic acids is 2. The van der Waals surface area contributed by atoms with E-state index >= 15 is 0 Å². The van der Waals surface area contributed by atoms with Crippen molar-refractivity contribution >= 4 is 19.6 Å². The molecule has 0 aliphatic heterocycles. The Hall–Kier alpha value is -4.47. The molecule has 4 rings (SSSR count). The number of benzene rings is 2. The molecule has 0 radical (unpaired) electrons. The van der Waals surface area contributed by atoms with E-state index < -0.39 is 31.0 Å². The van der Waals surface area contributed by atoms with E-state index in [0.717, 1.165) is 35.3 Å². The van der Waals surface area contributed by atoms with Crippen molar-refractivity contribution in [1.29, 1.82) is 0 Å². The minimum absolute atomic E-state index is 0.0174. The fraction of sp³-hybridized carbons (Fsp3) is 0.412. The first-order chi connectivity index (χ1) is 23.1. The second kappa shape index (κ2) is 18.2. The van der Waals surface area contributed by atoms with Crippen LogP contribution in [0.5, 0.6) is 0 Å². The number of fused-ring (bicyclic) bond motifs is 2. The predicted octanol–water partition coefficient (Wildman–Crippen LogP) is 3.38. The minimum Gasteiger partial charge on any atom is -0.441 e. The van der Waals surface area contributed by atoms with E-state index in [-0.39, 0.29) is 25.9 Å². The maximum atomic E-state index is 12.7. The highest BCUT2D eigenvalue weighted by molar-refractivity contribution is 7.51. The van der Waals surface area contributed by atoms with Gasteiger partial charge in [-0.3, -0.25) is 23.7 Å². The molecule has 0 saturated heterocycles. The van der Waals surface area contributed by atoms with E-state index in [1.807, 2.05) is 48.5 Å². The van der Waals surface area contributed by atoms with Crippen LogP contribution in [-0.4, -0.2) is 59.4 Å². The van der Waals surface area contributed by atoms with Crippen molar-refractivity contribution in [3.63, 3.8) is 0 Å². The molecule has 4 N–H and O–H groups in total. The molecule has 1 aliphatic rings. The van der Waals surface area contributed by atoms with E-state index in [2.05, 4.69) is 27.5 Å². The largest absolute Gasteiger partial charge is 0.441 e. The number of alkyl carbamates (subject to hydrolysis) is 1. The van der Waals surface area contributed by atoms with Crippen LogP contribution in [-0.2, 0) is 42.9 Å². The van der Waals surface area contributed by atoms with Crippen molar-refractivity contribution in [1.82, 2.24) is 20.2 Å². The van der Waals surface area contributed by atoms with Crippen LogP contribution in [0.15, 0.2) is 64.3 Å². The first kappa shape index (κ1) is 36.4. The smallest absolute Gasteiger partial charge is 0.407 e. The Morgan fingerprint density at radius 3 is 2.52 bits per heavy atom. The number of unbranched alkanes of at least 4 members (excludes halogenated alkanes) is 2. The van der Waals surface area contributed by atoms with Crippen molar-refractivity contribution in [2.45, 2.75) is 57.8 Å². The van der Waals surface area contributed by atoms with E-state index in [1.165, 1.54) is 10.8 Å². The molecule has 2 amide bonds. The molecule has 2 aromatic carbocycles. The third-order valence-corrected chi connectivity index (χ3v) is 8.14. The van der Waals surface area contributed by atoms with Gasteiger partial charge in [-0.05, 0) is 43.4 Å². The number of aromatic amines is 1. The SMILES string of the molecule is CP(=O)(O)OCCOCn1cc(CCCNC(=O)CCCCCNC(=O)OC2Cc3ccccc3C#Cc3ccccc32)c(=O)[nH]c1=O. The molecule has 14 heteroatoms. The summed E-state index contributed by atoms with van der Waals surface area (Å²) in [5.41, 5.74) is 2.87. The third-order valence-electron chi connectivity index (χ3n) is 7.48. The van der Waals surface area contributed by atoms with Gasteiger partial charge < -0.3 is 29.5 Å². The molecule has 1 aliphatic carbocycles. The molecule has 0 bridgehead atoms. The Morgan fingerprint density at radius 2 is 1.71 bits per heavy atom. The summed E-state index contributed by atoms with van der Waals surface area (Å²) in [5, 5.41) is 5.66. The van der Waals surface area contributed by atoms with Gasteiger partial charge in [-0.15, -0.1) is 0 Å². The quantitative estimate of drug-likeness (QED) is 0.0946. The Kier molecular flexibility index (Phi) is 13.8. The van der Waals surface area contributed by atoms with Crippen LogP contribution in [0.25, 0.3) is 0 Å². The maximum Gasteiger partial charge on any atom is 0.407 e. The van der Waals surface area contributed by atoms with Crippen molar-refractivity contribution in [2.24, 2.45) is 0 Å². The highest BCUT2D eigenvalue weighted by atomic mass is 31.2. The lowest BCUT2D eigenvalue weighted by molar-refractivity contribution is -0.121. The van der Waals surface area contributed by atoms with Gasteiger partial charge in [0.15, 0.2) is 0 Å². The van der Waals surface area contributed by atoms with Crippen LogP contribution in [0, 0.1) is 11.8 Å². The monoisotopic (exact) mass is 680 g/mol. The first-order valence-electron chi connectivity index (χ1n) is 15.8. The molecular formula is C34H41N4O9P. The van der Waals surface area contributed by atoms with E-state index in [4.69, 9.17) is 18.9 Å². The highest BCUT2D eigenvalue weighted by Gasteiger charge is 2.22. The van der Waals surface area contributed by atoms with E-state index in [0.29, 0.717) is 57.2 Å². The van der Waals surface area contributed by atoms with Gasteiger partial charge >= 0.3 is 19.4 Å². The second-order valence-corrected chi connectivity index (χ2v) is 13.2. The number of aryl methyl sites for hydroxylation is 1. The van der Waals surface area contributed by atoms with Crippen molar-refractivity contribution in [3.8, 4) is 11.8 Å². The van der Waals surface area contributed by atoms with Gasteiger partial charge in [0.25, 0.3) is 5.56 Å². The van der Waals surface area contributed by atoms with Gasteiger partial charge in [0, 0.05) is 61.0 Å². The number of nitrogens with one attached hydrogen (secondary N) is 3. The molecule has 0 saturated carbocycles. The van der Waals surface area contributed by atoms with Crippen molar-refractivity contribution in [2.75, 3.05) is 33.0 Å². The summed E-state index contributed by atoms with van der Waals surface area (Å²) < 4.78 is 28.1. The number of amides is 2. The topological polar surface area (TPSA) is 178 Å². The van der Waals surface area contributed by atoms with Gasteiger partial charge in [0.2, 0.25) is 5.91 Å². The molecule has 13 nitrogen and oxygen atoms in total. The van der Waals surface area contributed by atoms with E-state index in [1.54, 1.807) is 0 Å². The fourth-order valence-corrected chi connectivity index (χ4v) is 5.48. The zero-order valence-electron chi connectivity index (χ0n) is 26.9. The Balaban J connectivity index is 1.10. The lowest BCUT2D eigenvalue weighted by Gasteiger charge is -2.22. The Labute approximate surface area is 278 Å². The molecular weight excluding hydrogens is 639 g/mol. The Morgan fingerprint density at radius 1 is 0.979 bits per heavy atom. The molecule has 0 spiro atoms. The van der Waals surface area contributed by atoms with Crippen LogP contribution in [0.2, 0.25) is 0 Å². The Bertz CT molecular complexity index is 1790. The summed E-state index contributed by atoms with van der Waals surface area (Å²) >= 11 is 0. The predicted molar refractivity (Wildman–Crippen MR) is 179 cm³/mol. The average molecular weight is 681 g/mol. The number of rotatable bonds is 17. The molecule has 2 atom stereocenters. The maximum absolute atomic E-state index is 12.7. The highest BCUT2D eigenvalue weighted by Crippen LogP contribution is 2.36. The fourth-order valence-electron chi connectivity index (χ4n) is 5.06. The summed E-state index contributed by atoms with van der Waals surface area (Å²) in [5.74, 6) is 6.31. The molecule has 3 aromatic rings. The number of H-pyrrole nitrogens is 1. The zero-order valence-corrected chi connectivity index (χ0v) is 27.8. The van der Waals surface area contributed by atoms with Gasteiger partial charge in [0.05, 0.1) is 13.2 Å². The summed E-state index contributed by atoms with van der Waals surface area (Å²) in [7, 11) is -3.61.